The van der Waals surface area contributed by atoms with Crippen LogP contribution in [0.3, 0.4) is 0 Å². The number of rotatable bonds is 40. The van der Waals surface area contributed by atoms with Crippen LogP contribution >= 0.6 is 0 Å². The van der Waals surface area contributed by atoms with E-state index in [0.717, 1.165) is 0 Å². The maximum atomic E-state index is 13.8. The van der Waals surface area contributed by atoms with Crippen LogP contribution < -0.4 is 76.5 Å². The zero-order chi connectivity index (χ0) is 54.8. The Morgan fingerprint density at radius 2 is 0.764 bits per heavy atom. The summed E-state index contributed by atoms with van der Waals surface area (Å²) in [6.07, 6.45) is -1.14. The Balaban J connectivity index is 6.04. The summed E-state index contributed by atoms with van der Waals surface area (Å²) in [7, 11) is 0. The van der Waals surface area contributed by atoms with Gasteiger partial charge in [-0.3, -0.25) is 57.5 Å². The molecule has 0 rings (SSSR count). The highest BCUT2D eigenvalue weighted by Gasteiger charge is 2.34. The van der Waals surface area contributed by atoms with Gasteiger partial charge >= 0.3 is 17.9 Å². The maximum Gasteiger partial charge on any atom is 0.326 e. The Morgan fingerprint density at radius 3 is 1.18 bits per heavy atom. The zero-order valence-electron chi connectivity index (χ0n) is 39.9. The third-order valence-electron chi connectivity index (χ3n) is 10.2. The van der Waals surface area contributed by atoms with Gasteiger partial charge in [0.05, 0.1) is 38.7 Å². The molecule has 408 valence electrons. The molecule has 7 atom stereocenters. The molecule has 0 bridgehead atoms. The van der Waals surface area contributed by atoms with Crippen LogP contribution in [0.5, 0.6) is 0 Å². The van der Waals surface area contributed by atoms with Crippen molar-refractivity contribution in [2.75, 3.05) is 45.9 Å². The number of amides is 10. The van der Waals surface area contributed by atoms with E-state index in [-0.39, 0.29) is 38.8 Å². The minimum absolute atomic E-state index is 0.132. The van der Waals surface area contributed by atoms with Crippen molar-refractivity contribution in [2.24, 2.45) is 28.7 Å². The molecule has 23 N–H and O–H groups in total. The monoisotopic (exact) mass is 1030 g/mol. The van der Waals surface area contributed by atoms with Crippen LogP contribution in [0.15, 0.2) is 0 Å². The summed E-state index contributed by atoms with van der Waals surface area (Å²) >= 11 is 0. The minimum atomic E-state index is -1.84. The topological polar surface area (TPSA) is 541 Å². The molecule has 0 heterocycles. The van der Waals surface area contributed by atoms with Crippen molar-refractivity contribution >= 4 is 77.0 Å². The van der Waals surface area contributed by atoms with Gasteiger partial charge in [0.1, 0.15) is 36.3 Å². The fourth-order valence-corrected chi connectivity index (χ4v) is 6.22. The number of hydrogen-bond donors (Lipinski definition) is 18. The van der Waals surface area contributed by atoms with E-state index in [4.69, 9.17) is 33.8 Å². The van der Waals surface area contributed by atoms with Crippen LogP contribution in [0.25, 0.3) is 0 Å². The standard InChI is InChI=1S/C41H72N14O17/c42-14-4-1-7-22(45)35(65)49-19-31(59)47-18-30(58)48-20-32(60)50-28(21-56)40(70)52-23(8-2-5-15-43)36(66)53-25(10-12-33(61)62)38(68)51-24(9-3-6-16-44)37(67)55-27(17-29(46)57)39(69)54-26(41(71)72)11-13-34(63)64/h22-28,56H,1-21,42-45H2,(H2,46,57)(H,47,59)(H,48,58)(H,49,65)(H,50,60)(H,51,68)(H,52,70)(H,53,66)(H,54,69)(H,55,67)(H,61,62)(H,63,64)(H,71,72)/t22-,23-,24-,25-,26-,27-,28-/m0/s1. The second kappa shape index (κ2) is 36.8. The normalized spacial score (nSPS) is 13.7. The molecule has 72 heavy (non-hydrogen) atoms. The molecule has 0 fully saturated rings. The van der Waals surface area contributed by atoms with Gasteiger partial charge in [-0.2, -0.15) is 0 Å². The highest BCUT2D eigenvalue weighted by molar-refractivity contribution is 5.98. The number of primary amides is 1. The van der Waals surface area contributed by atoms with Crippen molar-refractivity contribution in [1.29, 1.82) is 0 Å². The lowest BCUT2D eigenvalue weighted by atomic mass is 10.0. The van der Waals surface area contributed by atoms with Gasteiger partial charge in [0.25, 0.3) is 0 Å². The van der Waals surface area contributed by atoms with Crippen LogP contribution in [0.2, 0.25) is 0 Å². The number of carboxylic acids is 3. The average Bonchev–Trinajstić information content (AvgIpc) is 3.32. The smallest absolute Gasteiger partial charge is 0.326 e. The highest BCUT2D eigenvalue weighted by atomic mass is 16.4. The molecule has 0 aromatic carbocycles. The van der Waals surface area contributed by atoms with Crippen LogP contribution in [0.4, 0.5) is 0 Å². The lowest BCUT2D eigenvalue weighted by Crippen LogP contribution is -2.60. The zero-order valence-corrected chi connectivity index (χ0v) is 39.9. The Bertz CT molecular complexity index is 1860. The van der Waals surface area contributed by atoms with Crippen LogP contribution in [0.1, 0.15) is 89.9 Å². The van der Waals surface area contributed by atoms with Crippen LogP contribution in [-0.4, -0.2) is 186 Å². The molecule has 0 saturated heterocycles. The number of aliphatic hydroxyl groups excluding tert-OH is 1. The molecule has 0 aliphatic heterocycles. The van der Waals surface area contributed by atoms with Crippen LogP contribution in [-0.2, 0) is 62.3 Å². The predicted molar refractivity (Wildman–Crippen MR) is 250 cm³/mol. The molecule has 0 aromatic rings. The van der Waals surface area contributed by atoms with Crippen molar-refractivity contribution in [1.82, 2.24) is 47.9 Å². The van der Waals surface area contributed by atoms with Crippen molar-refractivity contribution in [2.45, 2.75) is 132 Å². The second-order valence-corrected chi connectivity index (χ2v) is 16.2. The van der Waals surface area contributed by atoms with Gasteiger partial charge in [-0.1, -0.05) is 6.42 Å². The van der Waals surface area contributed by atoms with Gasteiger partial charge in [-0.25, -0.2) is 4.79 Å². The third kappa shape index (κ3) is 29.2. The first-order valence-electron chi connectivity index (χ1n) is 23.0. The molecule has 0 spiro atoms. The molecule has 31 nitrogen and oxygen atoms in total. The van der Waals surface area contributed by atoms with E-state index in [1.807, 2.05) is 5.32 Å². The fourth-order valence-electron chi connectivity index (χ4n) is 6.22. The first-order chi connectivity index (χ1) is 34.0. The minimum Gasteiger partial charge on any atom is -0.481 e. The van der Waals surface area contributed by atoms with Crippen molar-refractivity contribution in [3.05, 3.63) is 0 Å². The number of nitrogens with one attached hydrogen (secondary N) is 9. The Hall–Kier alpha value is -7.09. The SMILES string of the molecule is NCCCC[C@H](NC(=O)[C@H](CO)NC(=O)CNC(=O)CNC(=O)CNC(=O)[C@@H](N)CCCCN)C(=O)N[C@@H](CCC(=O)O)C(=O)N[C@@H](CCCCN)C(=O)N[C@@H](CC(N)=O)C(=O)N[C@@H](CCC(=O)O)C(=O)O. The molecule has 31 heteroatoms. The molecule has 0 aliphatic rings. The molecular weight excluding hydrogens is 961 g/mol. The Labute approximate surface area is 413 Å². The number of nitrogens with two attached hydrogens (primary N) is 5. The summed E-state index contributed by atoms with van der Waals surface area (Å²) in [4.78, 5) is 163. The number of aliphatic carboxylic acids is 3. The summed E-state index contributed by atoms with van der Waals surface area (Å²) in [5, 5.41) is 58.1. The second-order valence-electron chi connectivity index (χ2n) is 16.2. The molecule has 0 saturated carbocycles. The van der Waals surface area contributed by atoms with Gasteiger partial charge < -0.3 is 96.9 Å². The van der Waals surface area contributed by atoms with E-state index < -0.39 is 178 Å². The first-order valence-corrected chi connectivity index (χ1v) is 23.0. The van der Waals surface area contributed by atoms with Gasteiger partial charge in [0.2, 0.25) is 59.1 Å². The first kappa shape index (κ1) is 64.9. The van der Waals surface area contributed by atoms with Crippen molar-refractivity contribution in [3.8, 4) is 0 Å². The summed E-state index contributed by atoms with van der Waals surface area (Å²) in [6.45, 7) is -2.18. The Kier molecular flexibility index (Phi) is 33.2. The fraction of sp³-hybridized carbons (Fsp3) is 0.683. The van der Waals surface area contributed by atoms with Gasteiger partial charge in [-0.15, -0.1) is 0 Å². The van der Waals surface area contributed by atoms with E-state index >= 15 is 0 Å². The quantitative estimate of drug-likeness (QED) is 0.0253. The van der Waals surface area contributed by atoms with Gasteiger partial charge in [0.15, 0.2) is 0 Å². The number of carboxylic acid groups (broad SMARTS) is 3. The lowest BCUT2D eigenvalue weighted by Gasteiger charge is -2.27. The molecule has 0 unspecified atom stereocenters. The van der Waals surface area contributed by atoms with E-state index in [1.54, 1.807) is 0 Å². The average molecular weight is 1030 g/mol. The number of unbranched alkanes of at least 4 members (excludes halogenated alkanes) is 3. The number of carbonyl (C=O) groups excluding carboxylic acids is 10. The molecular formula is C41H72N14O17. The van der Waals surface area contributed by atoms with E-state index in [0.29, 0.717) is 38.6 Å². The summed E-state index contributed by atoms with van der Waals surface area (Å²) in [5.41, 5.74) is 27.6. The van der Waals surface area contributed by atoms with Crippen molar-refractivity contribution in [3.63, 3.8) is 0 Å². The third-order valence-corrected chi connectivity index (χ3v) is 10.2. The number of aliphatic hydroxyl groups is 1. The summed E-state index contributed by atoms with van der Waals surface area (Å²) in [5.74, 6) is -14.4. The number of hydrogen-bond acceptors (Lipinski definition) is 18. The molecule has 0 aliphatic carbocycles. The van der Waals surface area contributed by atoms with E-state index in [1.165, 1.54) is 0 Å². The van der Waals surface area contributed by atoms with Gasteiger partial charge in [-0.05, 0) is 83.8 Å². The molecule has 10 amide bonds. The predicted octanol–water partition coefficient (Wildman–Crippen LogP) is -8.36. The maximum absolute atomic E-state index is 13.8. The van der Waals surface area contributed by atoms with E-state index in [2.05, 4.69) is 42.5 Å². The highest BCUT2D eigenvalue weighted by Crippen LogP contribution is 2.09. The summed E-state index contributed by atoms with van der Waals surface area (Å²) < 4.78 is 0. The molecule has 0 radical (unpaired) electrons. The van der Waals surface area contributed by atoms with E-state index in [9.17, 15) is 77.6 Å². The largest absolute Gasteiger partial charge is 0.481 e. The Morgan fingerprint density at radius 1 is 0.403 bits per heavy atom. The number of carbonyl (C=O) groups is 13. The van der Waals surface area contributed by atoms with Crippen LogP contribution in [0, 0.1) is 0 Å². The molecule has 0 aromatic heterocycles. The van der Waals surface area contributed by atoms with Gasteiger partial charge in [0, 0.05) is 12.8 Å². The summed E-state index contributed by atoms with van der Waals surface area (Å²) in [6, 6.07) is -11.0. The van der Waals surface area contributed by atoms with Crippen molar-refractivity contribution < 1.29 is 82.8 Å². The lowest BCUT2D eigenvalue weighted by molar-refractivity contribution is -0.144.